The molecule has 4 heteroatoms. The van der Waals surface area contributed by atoms with E-state index in [0.29, 0.717) is 22.8 Å². The molecule has 0 amide bonds. The molecule has 1 atom stereocenters. The van der Waals surface area contributed by atoms with Crippen LogP contribution in [0.4, 0.5) is 0 Å². The maximum absolute atomic E-state index is 12.6. The van der Waals surface area contributed by atoms with E-state index in [2.05, 4.69) is 0 Å². The molecule has 2 rings (SSSR count). The lowest BCUT2D eigenvalue weighted by Gasteiger charge is -2.18. The van der Waals surface area contributed by atoms with Crippen LogP contribution in [0.5, 0.6) is 17.2 Å². The van der Waals surface area contributed by atoms with Crippen molar-refractivity contribution in [2.24, 2.45) is 0 Å². The van der Waals surface area contributed by atoms with Crippen LogP contribution in [0.3, 0.4) is 0 Å². The molecular formula is C18H20O4. The molecule has 0 saturated heterocycles. The quantitative estimate of drug-likeness (QED) is 0.763. The smallest absolute Gasteiger partial charge is 0.170 e. The molecular weight excluding hydrogens is 280 g/mol. The average molecular weight is 300 g/mol. The standard InChI is InChI=1S/C18H20O4/c1-12(18(19)13-8-6-5-7-9-13)14-10-16(21-3)17(22-4)11-15(14)20-2/h5-12H,1-4H3. The van der Waals surface area contributed by atoms with Gasteiger partial charge in [-0.3, -0.25) is 4.79 Å². The van der Waals surface area contributed by atoms with Gasteiger partial charge in [0.15, 0.2) is 17.3 Å². The van der Waals surface area contributed by atoms with Crippen LogP contribution in [0.15, 0.2) is 42.5 Å². The van der Waals surface area contributed by atoms with Gasteiger partial charge in [-0.05, 0) is 6.07 Å². The third-order valence-corrected chi connectivity index (χ3v) is 3.65. The fourth-order valence-corrected chi connectivity index (χ4v) is 2.38. The van der Waals surface area contributed by atoms with E-state index >= 15 is 0 Å². The van der Waals surface area contributed by atoms with Crippen LogP contribution >= 0.6 is 0 Å². The molecule has 2 aromatic rings. The third-order valence-electron chi connectivity index (χ3n) is 3.65. The van der Waals surface area contributed by atoms with Gasteiger partial charge in [-0.1, -0.05) is 37.3 Å². The minimum Gasteiger partial charge on any atom is -0.496 e. The molecule has 0 radical (unpaired) electrons. The zero-order chi connectivity index (χ0) is 16.1. The normalized spacial score (nSPS) is 11.6. The molecule has 1 unspecified atom stereocenters. The highest BCUT2D eigenvalue weighted by atomic mass is 16.5. The van der Waals surface area contributed by atoms with Gasteiger partial charge in [-0.15, -0.1) is 0 Å². The van der Waals surface area contributed by atoms with Gasteiger partial charge in [0.1, 0.15) is 5.75 Å². The van der Waals surface area contributed by atoms with E-state index < -0.39 is 0 Å². The first-order valence-electron chi connectivity index (χ1n) is 7.01. The molecule has 0 aliphatic carbocycles. The number of ether oxygens (including phenoxy) is 3. The molecule has 0 saturated carbocycles. The number of Topliss-reactive ketones (excluding diaryl/α,β-unsaturated/α-hetero) is 1. The zero-order valence-corrected chi connectivity index (χ0v) is 13.3. The summed E-state index contributed by atoms with van der Waals surface area (Å²) in [6.07, 6.45) is 0. The van der Waals surface area contributed by atoms with Crippen LogP contribution in [0.25, 0.3) is 0 Å². The summed E-state index contributed by atoms with van der Waals surface area (Å²) in [5.41, 5.74) is 1.45. The van der Waals surface area contributed by atoms with E-state index in [1.54, 1.807) is 33.5 Å². The van der Waals surface area contributed by atoms with Crippen molar-refractivity contribution in [3.05, 3.63) is 53.6 Å². The molecule has 116 valence electrons. The number of hydrogen-bond donors (Lipinski definition) is 0. The molecule has 0 spiro atoms. The Morgan fingerprint density at radius 2 is 1.41 bits per heavy atom. The van der Waals surface area contributed by atoms with Crippen LogP contribution in [0, 0.1) is 0 Å². The Balaban J connectivity index is 2.44. The number of benzene rings is 2. The van der Waals surface area contributed by atoms with E-state index in [4.69, 9.17) is 14.2 Å². The first-order valence-corrected chi connectivity index (χ1v) is 7.01. The molecule has 4 nitrogen and oxygen atoms in total. The fraction of sp³-hybridized carbons (Fsp3) is 0.278. The molecule has 0 N–H and O–H groups in total. The zero-order valence-electron chi connectivity index (χ0n) is 13.3. The SMILES string of the molecule is COc1cc(OC)c(C(C)C(=O)c2ccccc2)cc1OC. The van der Waals surface area contributed by atoms with Gasteiger partial charge in [-0.2, -0.15) is 0 Å². The van der Waals surface area contributed by atoms with Gasteiger partial charge in [0.25, 0.3) is 0 Å². The van der Waals surface area contributed by atoms with Gasteiger partial charge in [0.2, 0.25) is 0 Å². The number of carbonyl (C=O) groups excluding carboxylic acids is 1. The first kappa shape index (κ1) is 15.9. The molecule has 0 heterocycles. The minimum absolute atomic E-state index is 0.0334. The number of ketones is 1. The predicted octanol–water partition coefficient (Wildman–Crippen LogP) is 3.70. The van der Waals surface area contributed by atoms with Crippen LogP contribution in [0.1, 0.15) is 28.8 Å². The highest BCUT2D eigenvalue weighted by Crippen LogP contribution is 2.38. The van der Waals surface area contributed by atoms with Crippen molar-refractivity contribution >= 4 is 5.78 Å². The first-order chi connectivity index (χ1) is 10.6. The molecule has 0 bridgehead atoms. The van der Waals surface area contributed by atoms with Gasteiger partial charge in [-0.25, -0.2) is 0 Å². The van der Waals surface area contributed by atoms with Crippen molar-refractivity contribution in [3.63, 3.8) is 0 Å². The number of rotatable bonds is 6. The topological polar surface area (TPSA) is 44.8 Å². The van der Waals surface area contributed by atoms with Gasteiger partial charge < -0.3 is 14.2 Å². The summed E-state index contributed by atoms with van der Waals surface area (Å²) < 4.78 is 16.0. The second-order valence-corrected chi connectivity index (χ2v) is 4.90. The summed E-state index contributed by atoms with van der Waals surface area (Å²) in [6, 6.07) is 12.8. The molecule has 0 fully saturated rings. The Morgan fingerprint density at radius 3 is 1.95 bits per heavy atom. The van der Waals surface area contributed by atoms with Crippen molar-refractivity contribution in [1.29, 1.82) is 0 Å². The molecule has 0 aromatic heterocycles. The van der Waals surface area contributed by atoms with E-state index in [9.17, 15) is 4.79 Å². The molecule has 22 heavy (non-hydrogen) atoms. The fourth-order valence-electron chi connectivity index (χ4n) is 2.38. The van der Waals surface area contributed by atoms with Crippen LogP contribution in [0.2, 0.25) is 0 Å². The van der Waals surface area contributed by atoms with Gasteiger partial charge in [0, 0.05) is 23.1 Å². The largest absolute Gasteiger partial charge is 0.496 e. The maximum atomic E-state index is 12.6. The Hall–Kier alpha value is -2.49. The summed E-state index contributed by atoms with van der Waals surface area (Å²) in [7, 11) is 4.71. The van der Waals surface area contributed by atoms with Crippen molar-refractivity contribution < 1.29 is 19.0 Å². The Kier molecular flexibility index (Phi) is 5.04. The summed E-state index contributed by atoms with van der Waals surface area (Å²) in [5, 5.41) is 0. The third kappa shape index (κ3) is 3.06. The van der Waals surface area contributed by atoms with Crippen LogP contribution < -0.4 is 14.2 Å². The number of carbonyl (C=O) groups is 1. The second-order valence-electron chi connectivity index (χ2n) is 4.90. The van der Waals surface area contributed by atoms with Gasteiger partial charge in [0.05, 0.1) is 21.3 Å². The van der Waals surface area contributed by atoms with E-state index in [1.165, 1.54) is 0 Å². The van der Waals surface area contributed by atoms with Crippen LogP contribution in [-0.4, -0.2) is 27.1 Å². The highest BCUT2D eigenvalue weighted by Gasteiger charge is 2.23. The van der Waals surface area contributed by atoms with Crippen molar-refractivity contribution in [2.75, 3.05) is 21.3 Å². The Bertz CT molecular complexity index is 650. The van der Waals surface area contributed by atoms with E-state index in [-0.39, 0.29) is 11.7 Å². The van der Waals surface area contributed by atoms with Crippen molar-refractivity contribution in [3.8, 4) is 17.2 Å². The van der Waals surface area contributed by atoms with Crippen LogP contribution in [-0.2, 0) is 0 Å². The van der Waals surface area contributed by atoms with Crippen molar-refractivity contribution in [2.45, 2.75) is 12.8 Å². The lowest BCUT2D eigenvalue weighted by atomic mass is 9.91. The lowest BCUT2D eigenvalue weighted by Crippen LogP contribution is -2.11. The van der Waals surface area contributed by atoms with Crippen molar-refractivity contribution in [1.82, 2.24) is 0 Å². The lowest BCUT2D eigenvalue weighted by molar-refractivity contribution is 0.0964. The second kappa shape index (κ2) is 6.98. The summed E-state index contributed by atoms with van der Waals surface area (Å²) >= 11 is 0. The summed E-state index contributed by atoms with van der Waals surface area (Å²) in [5.74, 6) is 1.44. The Morgan fingerprint density at radius 1 is 0.864 bits per heavy atom. The van der Waals surface area contributed by atoms with E-state index in [0.717, 1.165) is 5.56 Å². The summed E-state index contributed by atoms with van der Waals surface area (Å²) in [6.45, 7) is 1.86. The number of hydrogen-bond acceptors (Lipinski definition) is 4. The van der Waals surface area contributed by atoms with E-state index in [1.807, 2.05) is 37.3 Å². The monoisotopic (exact) mass is 300 g/mol. The number of methoxy groups -OCH3 is 3. The molecule has 2 aromatic carbocycles. The maximum Gasteiger partial charge on any atom is 0.170 e. The predicted molar refractivity (Wildman–Crippen MR) is 85.3 cm³/mol. The van der Waals surface area contributed by atoms with Gasteiger partial charge >= 0.3 is 0 Å². The molecule has 0 aliphatic heterocycles. The summed E-state index contributed by atoms with van der Waals surface area (Å²) in [4.78, 5) is 12.6. The Labute approximate surface area is 130 Å². The average Bonchev–Trinajstić information content (AvgIpc) is 2.59. The highest BCUT2D eigenvalue weighted by molar-refractivity contribution is 6.01. The molecule has 0 aliphatic rings. The minimum atomic E-state index is -0.350.